The number of likely N-dealkylation sites (N-methyl/N-ethyl adjacent to an activating group) is 1. The van der Waals surface area contributed by atoms with Crippen LogP contribution in [0.5, 0.6) is 23.0 Å². The Labute approximate surface area is 204 Å². The molecule has 0 spiro atoms. The molecule has 1 unspecified atom stereocenters. The van der Waals surface area contributed by atoms with E-state index in [1.807, 2.05) is 24.3 Å². The highest BCUT2D eigenvalue weighted by molar-refractivity contribution is 9.10. The molecule has 0 aromatic heterocycles. The summed E-state index contributed by atoms with van der Waals surface area (Å²) in [6.45, 7) is 1.48. The van der Waals surface area contributed by atoms with Crippen LogP contribution in [-0.4, -0.2) is 39.8 Å². The average molecular weight is 512 g/mol. The van der Waals surface area contributed by atoms with Crippen molar-refractivity contribution in [2.45, 2.75) is 25.5 Å². The summed E-state index contributed by atoms with van der Waals surface area (Å²) in [6.07, 6.45) is 1.81. The van der Waals surface area contributed by atoms with Crippen molar-refractivity contribution in [2.75, 3.05) is 34.9 Å². The fraction of sp³-hybridized carbons (Fsp3) is 0.333. The third kappa shape index (κ3) is 5.12. The molecule has 1 heterocycles. The summed E-state index contributed by atoms with van der Waals surface area (Å²) in [5, 5.41) is 0. The minimum Gasteiger partial charge on any atom is -0.493 e. The van der Waals surface area contributed by atoms with Crippen molar-refractivity contribution in [3.05, 3.63) is 81.3 Å². The Kier molecular flexibility index (Phi) is 7.46. The van der Waals surface area contributed by atoms with Gasteiger partial charge in [-0.3, -0.25) is 4.90 Å². The molecule has 0 saturated carbocycles. The van der Waals surface area contributed by atoms with Crippen LogP contribution in [0, 0.1) is 0 Å². The van der Waals surface area contributed by atoms with Crippen LogP contribution in [0.1, 0.15) is 28.3 Å². The first-order valence-corrected chi connectivity index (χ1v) is 11.8. The number of halogens is 1. The molecule has 0 radical (unpaired) electrons. The summed E-state index contributed by atoms with van der Waals surface area (Å²) in [5.41, 5.74) is 4.87. The van der Waals surface area contributed by atoms with Gasteiger partial charge in [-0.2, -0.15) is 0 Å². The molecule has 1 aliphatic rings. The molecule has 0 N–H and O–H groups in total. The van der Waals surface area contributed by atoms with Crippen molar-refractivity contribution in [3.63, 3.8) is 0 Å². The second-order valence-corrected chi connectivity index (χ2v) is 9.08. The Balaban J connectivity index is 1.66. The molecule has 6 heteroatoms. The SMILES string of the molecule is COc1cc(Br)c(CC2c3cc(OCc4ccccc4)c(OC)cc3CCN2C)cc1OC. The zero-order valence-electron chi connectivity index (χ0n) is 19.6. The van der Waals surface area contributed by atoms with Gasteiger partial charge in [0.25, 0.3) is 0 Å². The first-order chi connectivity index (χ1) is 16.0. The van der Waals surface area contributed by atoms with E-state index in [9.17, 15) is 0 Å². The van der Waals surface area contributed by atoms with Gasteiger partial charge >= 0.3 is 0 Å². The third-order valence-electron chi connectivity index (χ3n) is 6.25. The highest BCUT2D eigenvalue weighted by atomic mass is 79.9. The highest BCUT2D eigenvalue weighted by Crippen LogP contribution is 2.41. The highest BCUT2D eigenvalue weighted by Gasteiger charge is 2.28. The minimum absolute atomic E-state index is 0.202. The summed E-state index contributed by atoms with van der Waals surface area (Å²) in [6, 6.07) is 18.7. The van der Waals surface area contributed by atoms with E-state index in [-0.39, 0.29) is 6.04 Å². The minimum atomic E-state index is 0.202. The van der Waals surface area contributed by atoms with Crippen molar-refractivity contribution in [2.24, 2.45) is 0 Å². The van der Waals surface area contributed by atoms with Gasteiger partial charge in [0.05, 0.1) is 21.3 Å². The van der Waals surface area contributed by atoms with Crippen molar-refractivity contribution in [3.8, 4) is 23.0 Å². The lowest BCUT2D eigenvalue weighted by Crippen LogP contribution is -2.33. The molecule has 4 rings (SSSR count). The molecule has 0 aliphatic carbocycles. The van der Waals surface area contributed by atoms with Crippen LogP contribution in [-0.2, 0) is 19.4 Å². The van der Waals surface area contributed by atoms with Crippen LogP contribution < -0.4 is 18.9 Å². The molecule has 5 nitrogen and oxygen atoms in total. The molecule has 1 atom stereocenters. The standard InChI is InChI=1S/C27H30BrNO4/c1-29-11-10-19-13-25(31-3)27(33-17-18-8-6-5-7-9-18)15-21(19)23(29)12-20-14-24(30-2)26(32-4)16-22(20)28/h5-9,13-16,23H,10-12,17H2,1-4H3. The Morgan fingerprint density at radius 1 is 0.879 bits per heavy atom. The van der Waals surface area contributed by atoms with E-state index < -0.39 is 0 Å². The third-order valence-corrected chi connectivity index (χ3v) is 6.99. The molecule has 1 aliphatic heterocycles. The largest absolute Gasteiger partial charge is 0.493 e. The van der Waals surface area contributed by atoms with Gasteiger partial charge in [-0.25, -0.2) is 0 Å². The van der Waals surface area contributed by atoms with Crippen LogP contribution in [0.2, 0.25) is 0 Å². The molecular formula is C27H30BrNO4. The maximum Gasteiger partial charge on any atom is 0.162 e. The molecule has 33 heavy (non-hydrogen) atoms. The monoisotopic (exact) mass is 511 g/mol. The van der Waals surface area contributed by atoms with Crippen molar-refractivity contribution < 1.29 is 18.9 Å². The second kappa shape index (κ2) is 10.5. The Bertz CT molecular complexity index is 1100. The molecule has 174 valence electrons. The average Bonchev–Trinajstić information content (AvgIpc) is 2.85. The van der Waals surface area contributed by atoms with Gasteiger partial charge in [0.15, 0.2) is 23.0 Å². The van der Waals surface area contributed by atoms with E-state index in [4.69, 9.17) is 18.9 Å². The van der Waals surface area contributed by atoms with Gasteiger partial charge in [-0.15, -0.1) is 0 Å². The number of ether oxygens (including phenoxy) is 4. The van der Waals surface area contributed by atoms with E-state index >= 15 is 0 Å². The van der Waals surface area contributed by atoms with Gasteiger partial charge in [-0.1, -0.05) is 46.3 Å². The van der Waals surface area contributed by atoms with Crippen LogP contribution in [0.15, 0.2) is 59.1 Å². The number of rotatable bonds is 8. The molecule has 0 bridgehead atoms. The fourth-order valence-electron chi connectivity index (χ4n) is 4.37. The number of benzene rings is 3. The summed E-state index contributed by atoms with van der Waals surface area (Å²) in [5.74, 6) is 3.00. The fourth-order valence-corrected chi connectivity index (χ4v) is 4.85. The predicted octanol–water partition coefficient (Wildman–Crippen LogP) is 5.83. The van der Waals surface area contributed by atoms with E-state index in [1.165, 1.54) is 16.7 Å². The smallest absolute Gasteiger partial charge is 0.162 e. The van der Waals surface area contributed by atoms with Crippen LogP contribution in [0.3, 0.4) is 0 Å². The molecule has 3 aromatic rings. The van der Waals surface area contributed by atoms with E-state index in [2.05, 4.69) is 58.2 Å². The maximum absolute atomic E-state index is 6.22. The van der Waals surface area contributed by atoms with Crippen molar-refractivity contribution >= 4 is 15.9 Å². The van der Waals surface area contributed by atoms with Crippen LogP contribution >= 0.6 is 15.9 Å². The topological polar surface area (TPSA) is 40.2 Å². The summed E-state index contributed by atoms with van der Waals surface area (Å²) in [7, 11) is 7.20. The van der Waals surface area contributed by atoms with Gasteiger partial charge in [0.1, 0.15) is 6.61 Å². The zero-order valence-corrected chi connectivity index (χ0v) is 21.1. The first kappa shape index (κ1) is 23.5. The number of methoxy groups -OCH3 is 3. The summed E-state index contributed by atoms with van der Waals surface area (Å²) >= 11 is 3.73. The van der Waals surface area contributed by atoms with E-state index in [0.717, 1.165) is 46.7 Å². The lowest BCUT2D eigenvalue weighted by molar-refractivity contribution is 0.226. The molecule has 3 aromatic carbocycles. The van der Waals surface area contributed by atoms with Gasteiger partial charge in [-0.05, 0) is 66.4 Å². The maximum atomic E-state index is 6.22. The quantitative estimate of drug-likeness (QED) is 0.380. The zero-order chi connectivity index (χ0) is 23.4. The normalized spacial score (nSPS) is 15.6. The van der Waals surface area contributed by atoms with Gasteiger partial charge in [0.2, 0.25) is 0 Å². The lowest BCUT2D eigenvalue weighted by atomic mass is 9.88. The Morgan fingerprint density at radius 2 is 1.55 bits per heavy atom. The van der Waals surface area contributed by atoms with Gasteiger partial charge < -0.3 is 18.9 Å². The second-order valence-electron chi connectivity index (χ2n) is 8.23. The van der Waals surface area contributed by atoms with Crippen LogP contribution in [0.4, 0.5) is 0 Å². The van der Waals surface area contributed by atoms with E-state index in [0.29, 0.717) is 12.4 Å². The number of nitrogens with zero attached hydrogens (tertiary/aromatic N) is 1. The number of hydrogen-bond acceptors (Lipinski definition) is 5. The van der Waals surface area contributed by atoms with Crippen molar-refractivity contribution in [1.82, 2.24) is 4.90 Å². The van der Waals surface area contributed by atoms with Crippen LogP contribution in [0.25, 0.3) is 0 Å². The Hall–Kier alpha value is -2.70. The van der Waals surface area contributed by atoms with Gasteiger partial charge in [0, 0.05) is 17.1 Å². The molecule has 0 saturated heterocycles. The number of hydrogen-bond donors (Lipinski definition) is 0. The molecule has 0 amide bonds. The molecule has 0 fully saturated rings. The first-order valence-electron chi connectivity index (χ1n) is 11.0. The van der Waals surface area contributed by atoms with Crippen molar-refractivity contribution in [1.29, 1.82) is 0 Å². The Morgan fingerprint density at radius 3 is 2.24 bits per heavy atom. The van der Waals surface area contributed by atoms with E-state index in [1.54, 1.807) is 21.3 Å². The predicted molar refractivity (Wildman–Crippen MR) is 134 cm³/mol. The summed E-state index contributed by atoms with van der Waals surface area (Å²) in [4.78, 5) is 2.40. The summed E-state index contributed by atoms with van der Waals surface area (Å²) < 4.78 is 23.9. The number of fused-ring (bicyclic) bond motifs is 1. The lowest BCUT2D eigenvalue weighted by Gasteiger charge is -2.35. The molecular weight excluding hydrogens is 482 g/mol.